The lowest BCUT2D eigenvalue weighted by atomic mass is 9.94. The molecule has 10 aromatic heterocycles. The third kappa shape index (κ3) is 17.9. The van der Waals surface area contributed by atoms with Gasteiger partial charge in [0.1, 0.15) is 34.6 Å². The number of rotatable bonds is 13. The lowest BCUT2D eigenvalue weighted by Crippen LogP contribution is -2.48. The van der Waals surface area contributed by atoms with E-state index in [4.69, 9.17) is 78.4 Å². The molecular formula is C101H77Cl4F3N18O3. The van der Waals surface area contributed by atoms with Crippen LogP contribution in [0.15, 0.2) is 306 Å². The van der Waals surface area contributed by atoms with Crippen LogP contribution in [0.25, 0.3) is 150 Å². The number of aromatic nitrogens is 11. The molecule has 1 amide bonds. The zero-order chi connectivity index (χ0) is 89.0. The molecule has 10 N–H and O–H groups in total. The number of nitrogens with one attached hydrogen (secondary N) is 2. The number of hydrogen-bond donors (Lipinski definition) is 6. The lowest BCUT2D eigenvalue weighted by molar-refractivity contribution is 0.0913. The third-order valence-electron chi connectivity index (χ3n) is 23.1. The van der Waals surface area contributed by atoms with E-state index in [0.717, 1.165) is 171 Å². The maximum absolute atomic E-state index is 13.9. The van der Waals surface area contributed by atoms with Gasteiger partial charge in [-0.2, -0.15) is 5.10 Å². The highest BCUT2D eigenvalue weighted by molar-refractivity contribution is 6.32. The molecule has 2 saturated heterocycles. The fraction of sp³-hybridized carbons (Fsp3) is 0.0990. The first kappa shape index (κ1) is 84.9. The minimum atomic E-state index is -0.452. The summed E-state index contributed by atoms with van der Waals surface area (Å²) in [6.45, 7) is 5.32. The average Bonchev–Trinajstić information content (AvgIpc) is 1.57. The molecule has 21 nitrogen and oxygen atoms in total. The molecule has 0 spiro atoms. The first-order chi connectivity index (χ1) is 62.7. The van der Waals surface area contributed by atoms with Gasteiger partial charge in [-0.05, 0) is 243 Å². The molecule has 0 atom stereocenters. The average molecular weight is 1790 g/mol. The smallest absolute Gasteiger partial charge is 0.269 e. The molecule has 129 heavy (non-hydrogen) atoms. The van der Waals surface area contributed by atoms with Crippen LogP contribution in [-0.2, 0) is 6.54 Å². The summed E-state index contributed by atoms with van der Waals surface area (Å²) in [4.78, 5) is 47.0. The molecule has 19 aromatic rings. The predicted molar refractivity (Wildman–Crippen MR) is 507 cm³/mol. The second kappa shape index (κ2) is 36.9. The van der Waals surface area contributed by atoms with Crippen molar-refractivity contribution in [2.45, 2.75) is 44.7 Å². The van der Waals surface area contributed by atoms with Crippen LogP contribution in [0.1, 0.15) is 52.9 Å². The number of nitrogens with two attached hydrogens (primary N) is 4. The van der Waals surface area contributed by atoms with Crippen molar-refractivity contribution in [2.24, 2.45) is 10.7 Å². The fourth-order valence-corrected chi connectivity index (χ4v) is 17.4. The van der Waals surface area contributed by atoms with Gasteiger partial charge in [-0.3, -0.25) is 49.1 Å². The molecule has 0 radical (unpaired) electrons. The quantitative estimate of drug-likeness (QED) is 0.0625. The number of nitrogens with zero attached hydrogens (tertiary/aromatic N) is 12. The summed E-state index contributed by atoms with van der Waals surface area (Å²) in [5.41, 5.74) is 47.4. The van der Waals surface area contributed by atoms with E-state index in [1.54, 1.807) is 74.4 Å². The Balaban J connectivity index is 0.000000110. The zero-order valence-electron chi connectivity index (χ0n) is 68.9. The minimum absolute atomic E-state index is 0.0703. The van der Waals surface area contributed by atoms with Crippen LogP contribution >= 0.6 is 46.4 Å². The Hall–Kier alpha value is -14.9. The largest absolute Gasteiger partial charge is 0.383 e. The summed E-state index contributed by atoms with van der Waals surface area (Å²) >= 11 is 24.1. The molecule has 28 heteroatoms. The number of benzene rings is 9. The maximum Gasteiger partial charge on any atom is 0.269 e. The van der Waals surface area contributed by atoms with Crippen molar-refractivity contribution < 1.29 is 27.0 Å². The van der Waals surface area contributed by atoms with Crippen molar-refractivity contribution in [3.63, 3.8) is 0 Å². The molecular weight excluding hydrogens is 1710 g/mol. The number of nitrogen functional groups attached to an aromatic ring is 3. The highest BCUT2D eigenvalue weighted by atomic mass is 35.5. The Kier molecular flexibility index (Phi) is 24.3. The summed E-state index contributed by atoms with van der Waals surface area (Å²) in [6.07, 6.45) is 17.0. The van der Waals surface area contributed by atoms with E-state index in [9.17, 15) is 18.0 Å². The zero-order valence-corrected chi connectivity index (χ0v) is 71.9. The summed E-state index contributed by atoms with van der Waals surface area (Å²) in [6, 6.07) is 76.3. The number of halogens is 7. The van der Waals surface area contributed by atoms with Gasteiger partial charge < -0.3 is 37.3 Å². The number of H-pyrrole nitrogens is 1. The van der Waals surface area contributed by atoms with E-state index in [-0.39, 0.29) is 27.3 Å². The Morgan fingerprint density at radius 3 is 1.48 bits per heavy atom. The minimum Gasteiger partial charge on any atom is -0.383 e. The number of carbonyl (C=O) groups is 1. The maximum atomic E-state index is 13.9. The second-order valence-electron chi connectivity index (χ2n) is 31.1. The molecule has 3 aliphatic heterocycles. The van der Waals surface area contributed by atoms with Crippen molar-refractivity contribution in [3.8, 4) is 112 Å². The fourth-order valence-electron chi connectivity index (χ4n) is 16.7. The number of carbonyl (C=O) groups excluding carboxylic acids is 1. The Labute approximate surface area is 757 Å². The number of anilines is 3. The Morgan fingerprint density at radius 1 is 0.450 bits per heavy atom. The van der Waals surface area contributed by atoms with Gasteiger partial charge in [0.25, 0.3) is 5.91 Å². The van der Waals surface area contributed by atoms with Crippen molar-refractivity contribution in [3.05, 3.63) is 352 Å². The molecule has 0 unspecified atom stereocenters. The van der Waals surface area contributed by atoms with Crippen LogP contribution in [0.2, 0.25) is 20.1 Å². The van der Waals surface area contributed by atoms with Gasteiger partial charge in [0.05, 0.1) is 67.5 Å². The number of aliphatic imine (C=N–C) groups is 1. The number of hydrogen-bond acceptors (Lipinski definition) is 18. The molecule has 2 fully saturated rings. The highest BCUT2D eigenvalue weighted by Gasteiger charge is 2.44. The predicted octanol–water partition coefficient (Wildman–Crippen LogP) is 23.5. The monoisotopic (exact) mass is 1790 g/mol. The SMILES string of the molecule is Cc1cc(-c2ncccc2-c2ccc3ncc(C(=O)NCC45CCCN4CCC5)n3c2)ccc1F.NC1=NCc2ccc(-c3cccnc3-c3ccc(F)c(Cl)c3)cc21.Nc1n[nH]c2cc(-c3cccnc3-c3ccc(F)c(Cl)c3)ccc12.Nc1noc2cc(-c3cccnc3-c3cccc(Cl)c3)ccc12.Nc1noc2ccc(-c3cccnc3-c3cccc(Cl)c3)cc12. The topological polar surface area (TPSA) is 311 Å². The number of aryl methyl sites for hydroxylation is 1. The van der Waals surface area contributed by atoms with E-state index in [2.05, 4.69) is 65.6 Å². The Morgan fingerprint density at radius 2 is 0.922 bits per heavy atom. The van der Waals surface area contributed by atoms with E-state index < -0.39 is 11.6 Å². The Bertz CT molecular complexity index is 7520. The summed E-state index contributed by atoms with van der Waals surface area (Å²) in [5.74, 6) is 0.563. The van der Waals surface area contributed by atoms with Crippen LogP contribution in [0.4, 0.5) is 30.6 Å². The van der Waals surface area contributed by atoms with Crippen LogP contribution in [-0.4, -0.2) is 96.6 Å². The van der Waals surface area contributed by atoms with Crippen molar-refractivity contribution in [1.82, 2.24) is 65.0 Å². The van der Waals surface area contributed by atoms with Crippen molar-refractivity contribution in [2.75, 3.05) is 36.8 Å². The molecule has 13 heterocycles. The molecule has 0 bridgehead atoms. The van der Waals surface area contributed by atoms with Gasteiger partial charge in [-0.1, -0.05) is 142 Å². The molecule has 0 aliphatic carbocycles. The standard InChI is InChI=1S/C28H28FN5O.C19H13ClFN3.C18H12ClFN4.2C18H12ClN3O/c1-19-15-20(6-8-23(19)29)26-22(5-2-12-30-26)21-7-9-25-31-16-24(34(25)17-21)27(35)32-18-28-10-3-13-33(28)14-4-11-28;20-16-9-12(5-6-17(16)21)18-14(2-1-7-23-18)11-3-4-13-10-24-19(22)15(13)8-11;19-14-8-11(4-6-15(14)20)17-12(2-1-7-22-17)10-3-5-13-16(9-10)23-24-18(13)21;19-13-4-1-3-12(9-13)17-14(5-2-8-21-17)11-6-7-16-15(10-11)18(20)22-23-16;19-13-4-1-3-12(9-13)17-14(5-2-8-21-17)11-6-7-15-16(10-11)23-22-18(15)20/h2,5-9,12,15-17H,3-4,10-11,13-14,18H2,1H3,(H,32,35);1-9H,10H2,(H2,22,24);1-9H,(H3,21,23,24);2*1-10H,(H2,20,22). The number of aromatic amines is 1. The normalized spacial score (nSPS) is 13.0. The first-order valence-corrected chi connectivity index (χ1v) is 42.7. The second-order valence-corrected chi connectivity index (χ2v) is 32.8. The van der Waals surface area contributed by atoms with Crippen LogP contribution in [0, 0.1) is 24.4 Å². The summed E-state index contributed by atoms with van der Waals surface area (Å²) in [5, 5.41) is 21.7. The number of fused-ring (bicyclic) bond motifs is 6. The van der Waals surface area contributed by atoms with Crippen molar-refractivity contribution in [1.29, 1.82) is 0 Å². The number of pyridine rings is 6. The number of imidazole rings is 1. The van der Waals surface area contributed by atoms with E-state index in [1.165, 1.54) is 31.0 Å². The van der Waals surface area contributed by atoms with Crippen LogP contribution in [0.5, 0.6) is 0 Å². The van der Waals surface area contributed by atoms with Gasteiger partial charge in [0.15, 0.2) is 28.6 Å². The van der Waals surface area contributed by atoms with E-state index in [0.29, 0.717) is 74.5 Å². The first-order valence-electron chi connectivity index (χ1n) is 41.2. The van der Waals surface area contributed by atoms with E-state index in [1.807, 2.05) is 211 Å². The van der Waals surface area contributed by atoms with Gasteiger partial charge in [-0.15, -0.1) is 0 Å². The number of amidine groups is 1. The van der Waals surface area contributed by atoms with Gasteiger partial charge in [0, 0.05) is 131 Å². The van der Waals surface area contributed by atoms with E-state index >= 15 is 0 Å². The van der Waals surface area contributed by atoms with Gasteiger partial charge >= 0.3 is 0 Å². The molecule has 22 rings (SSSR count). The highest BCUT2D eigenvalue weighted by Crippen LogP contribution is 2.43. The summed E-state index contributed by atoms with van der Waals surface area (Å²) in [7, 11) is 0. The summed E-state index contributed by atoms with van der Waals surface area (Å²) < 4.78 is 53.0. The van der Waals surface area contributed by atoms with Crippen LogP contribution < -0.4 is 28.3 Å². The molecule has 638 valence electrons. The van der Waals surface area contributed by atoms with Crippen molar-refractivity contribution >= 4 is 114 Å². The van der Waals surface area contributed by atoms with Gasteiger partial charge in [0.2, 0.25) is 0 Å². The number of amides is 1. The molecule has 3 aliphatic rings. The van der Waals surface area contributed by atoms with Gasteiger partial charge in [-0.25, -0.2) is 18.2 Å². The third-order valence-corrected chi connectivity index (χ3v) is 24.2. The molecule has 0 saturated carbocycles. The van der Waals surface area contributed by atoms with Crippen LogP contribution in [0.3, 0.4) is 0 Å². The lowest BCUT2D eigenvalue weighted by Gasteiger charge is -2.32. The molecule has 9 aromatic carbocycles.